The van der Waals surface area contributed by atoms with Gasteiger partial charge in [-0.2, -0.15) is 0 Å². The Labute approximate surface area is 146 Å². The van der Waals surface area contributed by atoms with Gasteiger partial charge in [0.05, 0.1) is 0 Å². The van der Waals surface area contributed by atoms with E-state index >= 15 is 0 Å². The summed E-state index contributed by atoms with van der Waals surface area (Å²) in [6.07, 6.45) is 2.25. The number of hydrogen-bond donors (Lipinski definition) is 3. The first-order chi connectivity index (χ1) is 12.1. The number of rotatable bonds is 8. The molecule has 8 nitrogen and oxygen atoms in total. The minimum atomic E-state index is -0.262. The summed E-state index contributed by atoms with van der Waals surface area (Å²) in [7, 11) is 1.62. The molecule has 0 unspecified atom stereocenters. The molecule has 0 aliphatic carbocycles. The third-order valence-electron chi connectivity index (χ3n) is 3.16. The van der Waals surface area contributed by atoms with Gasteiger partial charge in [0.15, 0.2) is 0 Å². The van der Waals surface area contributed by atoms with Crippen LogP contribution in [-0.4, -0.2) is 42.0 Å². The predicted octanol–water partition coefficient (Wildman–Crippen LogP) is 1.94. The van der Waals surface area contributed by atoms with Gasteiger partial charge in [0, 0.05) is 44.8 Å². The molecule has 0 atom stereocenters. The number of methoxy groups -OCH3 is 1. The van der Waals surface area contributed by atoms with Crippen LogP contribution in [0.2, 0.25) is 0 Å². The lowest BCUT2D eigenvalue weighted by Crippen LogP contribution is -2.26. The normalized spacial score (nSPS) is 10.2. The van der Waals surface area contributed by atoms with Gasteiger partial charge in [-0.1, -0.05) is 0 Å². The van der Waals surface area contributed by atoms with Gasteiger partial charge in [-0.05, 0) is 36.8 Å². The van der Waals surface area contributed by atoms with E-state index in [9.17, 15) is 9.59 Å². The average molecular weight is 343 g/mol. The SMILES string of the molecule is COCCCNC(=O)c1ccnc(Nc2ccc(NC(C)=O)cc2)n1. The fraction of sp³-hybridized carbons (Fsp3) is 0.294. The van der Waals surface area contributed by atoms with E-state index in [1.54, 1.807) is 37.4 Å². The molecule has 0 spiro atoms. The summed E-state index contributed by atoms with van der Waals surface area (Å²) in [5, 5.41) is 8.48. The number of nitrogens with zero attached hydrogens (tertiary/aromatic N) is 2. The van der Waals surface area contributed by atoms with Crippen LogP contribution in [0.1, 0.15) is 23.8 Å². The largest absolute Gasteiger partial charge is 0.385 e. The Kier molecular flexibility index (Phi) is 6.85. The summed E-state index contributed by atoms with van der Waals surface area (Å²) in [5.74, 6) is -0.0763. The number of hydrogen-bond acceptors (Lipinski definition) is 6. The lowest BCUT2D eigenvalue weighted by molar-refractivity contribution is -0.114. The van der Waals surface area contributed by atoms with Crippen LogP contribution in [0, 0.1) is 0 Å². The standard InChI is InChI=1S/C17H21N5O3/c1-12(23)20-13-4-6-14(7-5-13)21-17-19-10-8-15(22-17)16(24)18-9-3-11-25-2/h4-8,10H,3,9,11H2,1-2H3,(H,18,24)(H,20,23)(H,19,21,22). The number of anilines is 3. The Morgan fingerprint density at radius 1 is 1.12 bits per heavy atom. The van der Waals surface area contributed by atoms with Gasteiger partial charge >= 0.3 is 0 Å². The van der Waals surface area contributed by atoms with Crippen molar-refractivity contribution in [1.29, 1.82) is 0 Å². The number of carbonyl (C=O) groups excluding carboxylic acids is 2. The van der Waals surface area contributed by atoms with Crippen LogP contribution in [0.5, 0.6) is 0 Å². The van der Waals surface area contributed by atoms with Crippen LogP contribution in [0.25, 0.3) is 0 Å². The van der Waals surface area contributed by atoms with E-state index in [2.05, 4.69) is 25.9 Å². The third-order valence-corrected chi connectivity index (χ3v) is 3.16. The molecule has 2 aromatic rings. The Hall–Kier alpha value is -3.00. The zero-order valence-corrected chi connectivity index (χ0v) is 14.2. The molecule has 1 aromatic heterocycles. The second-order valence-corrected chi connectivity index (χ2v) is 5.25. The predicted molar refractivity (Wildman–Crippen MR) is 94.9 cm³/mol. The van der Waals surface area contributed by atoms with Crippen molar-refractivity contribution < 1.29 is 14.3 Å². The van der Waals surface area contributed by atoms with Crippen LogP contribution >= 0.6 is 0 Å². The maximum absolute atomic E-state index is 12.0. The smallest absolute Gasteiger partial charge is 0.270 e. The Morgan fingerprint density at radius 2 is 1.84 bits per heavy atom. The molecule has 0 aliphatic heterocycles. The molecule has 0 aliphatic rings. The van der Waals surface area contributed by atoms with Gasteiger partial charge in [0.1, 0.15) is 5.69 Å². The van der Waals surface area contributed by atoms with Crippen molar-refractivity contribution in [1.82, 2.24) is 15.3 Å². The molecule has 0 fully saturated rings. The highest BCUT2D eigenvalue weighted by atomic mass is 16.5. The number of benzene rings is 1. The molecule has 3 N–H and O–H groups in total. The van der Waals surface area contributed by atoms with Crippen LogP contribution in [-0.2, 0) is 9.53 Å². The first-order valence-electron chi connectivity index (χ1n) is 7.83. The molecular formula is C17H21N5O3. The molecule has 0 bridgehead atoms. The molecule has 0 radical (unpaired) electrons. The van der Waals surface area contributed by atoms with E-state index in [0.29, 0.717) is 24.8 Å². The molecule has 1 heterocycles. The van der Waals surface area contributed by atoms with Crippen LogP contribution in [0.3, 0.4) is 0 Å². The number of amides is 2. The van der Waals surface area contributed by atoms with Crippen molar-refractivity contribution in [3.05, 3.63) is 42.2 Å². The maximum atomic E-state index is 12.0. The molecule has 1 aromatic carbocycles. The minimum Gasteiger partial charge on any atom is -0.385 e. The molecule has 0 saturated carbocycles. The average Bonchev–Trinajstić information content (AvgIpc) is 2.60. The summed E-state index contributed by atoms with van der Waals surface area (Å²) in [4.78, 5) is 31.4. The maximum Gasteiger partial charge on any atom is 0.270 e. The van der Waals surface area contributed by atoms with Crippen molar-refractivity contribution in [2.45, 2.75) is 13.3 Å². The van der Waals surface area contributed by atoms with E-state index in [-0.39, 0.29) is 17.5 Å². The van der Waals surface area contributed by atoms with E-state index in [1.165, 1.54) is 13.1 Å². The van der Waals surface area contributed by atoms with E-state index in [4.69, 9.17) is 4.74 Å². The van der Waals surface area contributed by atoms with Gasteiger partial charge < -0.3 is 20.7 Å². The highest BCUT2D eigenvalue weighted by Gasteiger charge is 2.08. The van der Waals surface area contributed by atoms with Gasteiger partial charge in [0.2, 0.25) is 11.9 Å². The Balaban J connectivity index is 1.96. The van der Waals surface area contributed by atoms with Gasteiger partial charge in [0.25, 0.3) is 5.91 Å². The highest BCUT2D eigenvalue weighted by molar-refractivity contribution is 5.92. The summed E-state index contributed by atoms with van der Waals surface area (Å²) in [6, 6.07) is 8.64. The lowest BCUT2D eigenvalue weighted by atomic mass is 10.3. The summed E-state index contributed by atoms with van der Waals surface area (Å²) in [5.41, 5.74) is 1.72. The molecule has 2 rings (SSSR count). The van der Waals surface area contributed by atoms with Crippen molar-refractivity contribution >= 4 is 29.1 Å². The molecule has 25 heavy (non-hydrogen) atoms. The number of ether oxygens (including phenoxy) is 1. The molecule has 132 valence electrons. The number of carbonyl (C=O) groups is 2. The van der Waals surface area contributed by atoms with Gasteiger partial charge in [-0.15, -0.1) is 0 Å². The van der Waals surface area contributed by atoms with Crippen LogP contribution < -0.4 is 16.0 Å². The quantitative estimate of drug-likeness (QED) is 0.633. The van der Waals surface area contributed by atoms with E-state index in [1.807, 2.05) is 0 Å². The lowest BCUT2D eigenvalue weighted by Gasteiger charge is -2.08. The summed E-state index contributed by atoms with van der Waals surface area (Å²) in [6.45, 7) is 2.56. The summed E-state index contributed by atoms with van der Waals surface area (Å²) >= 11 is 0. The first kappa shape index (κ1) is 18.3. The Morgan fingerprint density at radius 3 is 2.52 bits per heavy atom. The zero-order valence-electron chi connectivity index (χ0n) is 14.2. The van der Waals surface area contributed by atoms with Gasteiger partial charge in [-0.25, -0.2) is 9.97 Å². The minimum absolute atomic E-state index is 0.131. The second kappa shape index (κ2) is 9.33. The monoisotopic (exact) mass is 343 g/mol. The molecule has 2 amide bonds. The molecular weight excluding hydrogens is 322 g/mol. The first-order valence-corrected chi connectivity index (χ1v) is 7.83. The van der Waals surface area contributed by atoms with Crippen molar-refractivity contribution in [3.63, 3.8) is 0 Å². The van der Waals surface area contributed by atoms with Gasteiger partial charge in [-0.3, -0.25) is 9.59 Å². The van der Waals surface area contributed by atoms with Crippen LogP contribution in [0.4, 0.5) is 17.3 Å². The van der Waals surface area contributed by atoms with Crippen molar-refractivity contribution in [2.24, 2.45) is 0 Å². The fourth-order valence-corrected chi connectivity index (χ4v) is 2.02. The summed E-state index contributed by atoms with van der Waals surface area (Å²) < 4.78 is 4.93. The number of aromatic nitrogens is 2. The van der Waals surface area contributed by atoms with E-state index < -0.39 is 0 Å². The highest BCUT2D eigenvalue weighted by Crippen LogP contribution is 2.16. The second-order valence-electron chi connectivity index (χ2n) is 5.25. The third kappa shape index (κ3) is 6.19. The zero-order chi connectivity index (χ0) is 18.1. The Bertz CT molecular complexity index is 718. The fourth-order valence-electron chi connectivity index (χ4n) is 2.02. The number of nitrogens with one attached hydrogen (secondary N) is 3. The van der Waals surface area contributed by atoms with Crippen molar-refractivity contribution in [2.75, 3.05) is 30.9 Å². The topological polar surface area (TPSA) is 105 Å². The van der Waals surface area contributed by atoms with Crippen molar-refractivity contribution in [3.8, 4) is 0 Å². The molecule has 0 saturated heterocycles. The van der Waals surface area contributed by atoms with E-state index in [0.717, 1.165) is 12.1 Å². The molecule has 8 heteroatoms. The van der Waals surface area contributed by atoms with Crippen LogP contribution in [0.15, 0.2) is 36.5 Å².